The van der Waals surface area contributed by atoms with E-state index in [0.29, 0.717) is 22.7 Å². The Morgan fingerprint density at radius 1 is 1.26 bits per heavy atom. The van der Waals surface area contributed by atoms with Crippen LogP contribution >= 0.6 is 11.3 Å². The molecule has 0 bridgehead atoms. The van der Waals surface area contributed by atoms with Crippen LogP contribution in [-0.2, 0) is 16.4 Å². The Kier molecular flexibility index (Phi) is 3.77. The van der Waals surface area contributed by atoms with Crippen LogP contribution in [0.4, 0.5) is 5.69 Å². The normalized spacial score (nSPS) is 11.5. The molecule has 0 amide bonds. The van der Waals surface area contributed by atoms with Gasteiger partial charge < -0.3 is 4.98 Å². The summed E-state index contributed by atoms with van der Waals surface area (Å²) in [7, 11) is -3.71. The number of aromatic amines is 1. The zero-order valence-corrected chi connectivity index (χ0v) is 12.2. The van der Waals surface area contributed by atoms with Crippen molar-refractivity contribution in [2.45, 2.75) is 24.5 Å². The third-order valence-electron chi connectivity index (χ3n) is 2.64. The fraction of sp³-hybridized carbons (Fsp3) is 0.250. The van der Waals surface area contributed by atoms with E-state index in [2.05, 4.69) is 9.71 Å². The van der Waals surface area contributed by atoms with Crippen LogP contribution in [-0.4, -0.2) is 13.4 Å². The molecular formula is C12H14N2O3S2. The molecular weight excluding hydrogens is 284 g/mol. The second-order valence-corrected chi connectivity index (χ2v) is 6.94. The first kappa shape index (κ1) is 13.8. The molecule has 5 nitrogen and oxygen atoms in total. The molecule has 0 saturated heterocycles. The molecule has 2 rings (SSSR count). The lowest BCUT2D eigenvalue weighted by atomic mass is 10.2. The molecule has 0 radical (unpaired) electrons. The van der Waals surface area contributed by atoms with Crippen molar-refractivity contribution in [2.24, 2.45) is 0 Å². The van der Waals surface area contributed by atoms with Gasteiger partial charge in [0, 0.05) is 11.4 Å². The van der Waals surface area contributed by atoms with Crippen molar-refractivity contribution in [3.05, 3.63) is 45.2 Å². The molecule has 0 fully saturated rings. The number of thiazole rings is 1. The van der Waals surface area contributed by atoms with Crippen molar-refractivity contribution in [2.75, 3.05) is 4.72 Å². The Labute approximate surface area is 115 Å². The van der Waals surface area contributed by atoms with Crippen LogP contribution in [0.1, 0.15) is 18.2 Å². The van der Waals surface area contributed by atoms with Gasteiger partial charge in [0.15, 0.2) is 4.21 Å². The molecule has 0 aliphatic rings. The maximum Gasteiger partial charge on any atom is 0.306 e. The summed E-state index contributed by atoms with van der Waals surface area (Å²) in [5, 5.41) is 0. The van der Waals surface area contributed by atoms with Crippen molar-refractivity contribution in [1.82, 2.24) is 4.98 Å². The van der Waals surface area contributed by atoms with Gasteiger partial charge in [0.25, 0.3) is 10.0 Å². The van der Waals surface area contributed by atoms with Crippen molar-refractivity contribution in [1.29, 1.82) is 0 Å². The van der Waals surface area contributed by atoms with Gasteiger partial charge in [0.2, 0.25) is 0 Å². The van der Waals surface area contributed by atoms with Crippen LogP contribution in [0.25, 0.3) is 0 Å². The number of sulfonamides is 1. The first-order chi connectivity index (χ1) is 8.92. The number of H-pyrrole nitrogens is 1. The Morgan fingerprint density at radius 3 is 2.37 bits per heavy atom. The minimum absolute atomic E-state index is 0.0251. The first-order valence-electron chi connectivity index (χ1n) is 5.74. The highest BCUT2D eigenvalue weighted by Gasteiger charge is 2.20. The minimum Gasteiger partial charge on any atom is -0.315 e. The molecule has 0 spiro atoms. The van der Waals surface area contributed by atoms with Crippen molar-refractivity contribution in [3.63, 3.8) is 0 Å². The number of hydrogen-bond donors (Lipinski definition) is 2. The van der Waals surface area contributed by atoms with Crippen LogP contribution in [0.2, 0.25) is 0 Å². The van der Waals surface area contributed by atoms with E-state index in [0.717, 1.165) is 12.0 Å². The molecule has 0 saturated carbocycles. The summed E-state index contributed by atoms with van der Waals surface area (Å²) in [6.07, 6.45) is 0.894. The quantitative estimate of drug-likeness (QED) is 0.907. The number of nitrogens with one attached hydrogen (secondary N) is 2. The van der Waals surface area contributed by atoms with Crippen LogP contribution in [0, 0.1) is 6.92 Å². The van der Waals surface area contributed by atoms with Gasteiger partial charge in [-0.1, -0.05) is 30.4 Å². The molecule has 2 aromatic rings. The Bertz CT molecular complexity index is 727. The predicted octanol–water partition coefficient (Wildman–Crippen LogP) is 2.11. The molecule has 1 aromatic carbocycles. The summed E-state index contributed by atoms with van der Waals surface area (Å²) >= 11 is 0.687. The first-order valence-corrected chi connectivity index (χ1v) is 8.04. The zero-order chi connectivity index (χ0) is 14.0. The van der Waals surface area contributed by atoms with Gasteiger partial charge in [-0.2, -0.15) is 0 Å². The number of anilines is 1. The van der Waals surface area contributed by atoms with E-state index in [1.807, 2.05) is 19.1 Å². The summed E-state index contributed by atoms with van der Waals surface area (Å²) in [5.74, 6) is 0. The van der Waals surface area contributed by atoms with E-state index in [1.54, 1.807) is 19.1 Å². The predicted molar refractivity (Wildman–Crippen MR) is 76.3 cm³/mol. The Balaban J connectivity index is 2.30. The summed E-state index contributed by atoms with van der Waals surface area (Å²) in [6.45, 7) is 3.59. The molecule has 19 heavy (non-hydrogen) atoms. The summed E-state index contributed by atoms with van der Waals surface area (Å²) in [5.41, 5.74) is 1.97. The largest absolute Gasteiger partial charge is 0.315 e. The topological polar surface area (TPSA) is 79.0 Å². The zero-order valence-electron chi connectivity index (χ0n) is 10.6. The smallest absolute Gasteiger partial charge is 0.306 e. The molecule has 1 heterocycles. The van der Waals surface area contributed by atoms with E-state index in [1.165, 1.54) is 0 Å². The fourth-order valence-electron chi connectivity index (χ4n) is 1.66. The maximum absolute atomic E-state index is 12.1. The number of hydrogen-bond acceptors (Lipinski definition) is 4. The molecule has 102 valence electrons. The summed E-state index contributed by atoms with van der Waals surface area (Å²) in [6, 6.07) is 7.15. The molecule has 2 N–H and O–H groups in total. The second-order valence-electron chi connectivity index (χ2n) is 4.08. The molecule has 7 heteroatoms. The van der Waals surface area contributed by atoms with Crippen LogP contribution in [0.5, 0.6) is 0 Å². The molecule has 1 aromatic heterocycles. The van der Waals surface area contributed by atoms with Crippen LogP contribution in [0.3, 0.4) is 0 Å². The van der Waals surface area contributed by atoms with Gasteiger partial charge in [-0.25, -0.2) is 8.42 Å². The lowest BCUT2D eigenvalue weighted by Gasteiger charge is -2.07. The van der Waals surface area contributed by atoms with Gasteiger partial charge in [-0.05, 0) is 31.0 Å². The highest BCUT2D eigenvalue weighted by Crippen LogP contribution is 2.20. The lowest BCUT2D eigenvalue weighted by Crippen LogP contribution is -2.12. The van der Waals surface area contributed by atoms with E-state index in [4.69, 9.17) is 0 Å². The van der Waals surface area contributed by atoms with Gasteiger partial charge >= 0.3 is 4.87 Å². The summed E-state index contributed by atoms with van der Waals surface area (Å²) < 4.78 is 26.8. The fourth-order valence-corrected chi connectivity index (χ4v) is 4.02. The monoisotopic (exact) mass is 298 g/mol. The van der Waals surface area contributed by atoms with Gasteiger partial charge in [0.1, 0.15) is 0 Å². The van der Waals surface area contributed by atoms with Crippen LogP contribution in [0.15, 0.2) is 33.3 Å². The van der Waals surface area contributed by atoms with Crippen molar-refractivity contribution in [3.8, 4) is 0 Å². The lowest BCUT2D eigenvalue weighted by molar-refractivity contribution is 0.602. The van der Waals surface area contributed by atoms with Crippen molar-refractivity contribution < 1.29 is 8.42 Å². The van der Waals surface area contributed by atoms with Gasteiger partial charge in [-0.15, -0.1) is 0 Å². The average molecular weight is 298 g/mol. The van der Waals surface area contributed by atoms with E-state index in [-0.39, 0.29) is 9.08 Å². The van der Waals surface area contributed by atoms with E-state index < -0.39 is 10.0 Å². The summed E-state index contributed by atoms with van der Waals surface area (Å²) in [4.78, 5) is 13.3. The van der Waals surface area contributed by atoms with E-state index >= 15 is 0 Å². The highest BCUT2D eigenvalue weighted by molar-refractivity contribution is 7.94. The molecule has 0 aliphatic carbocycles. The third kappa shape index (κ3) is 3.05. The van der Waals surface area contributed by atoms with Gasteiger partial charge in [-0.3, -0.25) is 9.52 Å². The molecule has 0 aliphatic heterocycles. The Hall–Kier alpha value is -1.60. The number of rotatable bonds is 4. The minimum atomic E-state index is -3.71. The molecule has 0 unspecified atom stereocenters. The SMILES string of the molecule is CCc1ccc(NS(=O)(=O)c2sc(=O)[nH]c2C)cc1. The van der Waals surface area contributed by atoms with E-state index in [9.17, 15) is 13.2 Å². The molecule has 0 atom stereocenters. The highest BCUT2D eigenvalue weighted by atomic mass is 32.2. The van der Waals surface area contributed by atoms with Crippen LogP contribution < -0.4 is 9.60 Å². The number of aryl methyl sites for hydroxylation is 2. The maximum atomic E-state index is 12.1. The third-order valence-corrected chi connectivity index (χ3v) is 5.63. The standard InChI is InChI=1S/C12H14N2O3S2/c1-3-9-4-6-10(7-5-9)14-19(16,17)11-8(2)13-12(15)18-11/h4-7,14H,3H2,1-2H3,(H,13,15). The second kappa shape index (κ2) is 5.18. The van der Waals surface area contributed by atoms with Crippen molar-refractivity contribution >= 4 is 27.0 Å². The van der Waals surface area contributed by atoms with Gasteiger partial charge in [0.05, 0.1) is 0 Å². The Morgan fingerprint density at radius 2 is 1.89 bits per heavy atom. The average Bonchev–Trinajstić information content (AvgIpc) is 2.70. The number of benzene rings is 1. The number of aromatic nitrogens is 1.